The number of anilines is 2. The number of benzene rings is 1. The highest BCUT2D eigenvalue weighted by molar-refractivity contribution is 7.88. The molecule has 1 saturated heterocycles. The van der Waals surface area contributed by atoms with Crippen LogP contribution in [0.4, 0.5) is 11.4 Å². The molecule has 0 saturated carbocycles. The second kappa shape index (κ2) is 8.98. The smallest absolute Gasteiger partial charge is 0.225 e. The lowest BCUT2D eigenvalue weighted by Gasteiger charge is -2.30. The summed E-state index contributed by atoms with van der Waals surface area (Å²) in [5.41, 5.74) is 1.68. The average molecular weight is 367 g/mol. The van der Waals surface area contributed by atoms with Crippen LogP contribution in [0.15, 0.2) is 36.9 Å². The van der Waals surface area contributed by atoms with Gasteiger partial charge in [-0.25, -0.2) is 8.42 Å². The lowest BCUT2D eigenvalue weighted by atomic mass is 10.2. The molecule has 2 rings (SSSR count). The first-order chi connectivity index (χ1) is 11.9. The van der Waals surface area contributed by atoms with Crippen LogP contribution in [-0.4, -0.2) is 64.3 Å². The van der Waals surface area contributed by atoms with Crippen LogP contribution >= 0.6 is 0 Å². The summed E-state index contributed by atoms with van der Waals surface area (Å²) in [7, 11) is -3.36. The summed E-state index contributed by atoms with van der Waals surface area (Å²) >= 11 is 0. The first-order valence-corrected chi connectivity index (χ1v) is 10.0. The van der Waals surface area contributed by atoms with Gasteiger partial charge >= 0.3 is 0 Å². The number of amides is 1. The molecule has 0 atom stereocenters. The molecular formula is C17H25N3O4S. The maximum atomic E-state index is 12.3. The number of ether oxygens (including phenoxy) is 1. The number of carbonyl (C=O) groups excluding carboxylic acids is 1. The van der Waals surface area contributed by atoms with E-state index in [2.05, 4.69) is 16.8 Å². The fourth-order valence-corrected chi connectivity index (χ4v) is 3.43. The van der Waals surface area contributed by atoms with Gasteiger partial charge in [-0.2, -0.15) is 4.31 Å². The number of nitrogens with one attached hydrogen (secondary N) is 1. The highest BCUT2D eigenvalue weighted by Crippen LogP contribution is 2.26. The molecule has 7 nitrogen and oxygen atoms in total. The maximum absolute atomic E-state index is 12.3. The highest BCUT2D eigenvalue weighted by atomic mass is 32.2. The second-order valence-electron chi connectivity index (χ2n) is 5.82. The maximum Gasteiger partial charge on any atom is 0.225 e. The summed E-state index contributed by atoms with van der Waals surface area (Å²) < 4.78 is 30.0. The van der Waals surface area contributed by atoms with Gasteiger partial charge in [0.1, 0.15) is 0 Å². The minimum absolute atomic E-state index is 0.0817. The van der Waals surface area contributed by atoms with E-state index in [1.807, 2.05) is 24.3 Å². The van der Waals surface area contributed by atoms with Crippen LogP contribution in [0.1, 0.15) is 6.42 Å². The molecule has 0 spiro atoms. The quantitative estimate of drug-likeness (QED) is 0.701. The van der Waals surface area contributed by atoms with E-state index in [1.165, 1.54) is 10.4 Å². The van der Waals surface area contributed by atoms with E-state index < -0.39 is 10.0 Å². The Kier molecular flexibility index (Phi) is 6.98. The lowest BCUT2D eigenvalue weighted by Crippen LogP contribution is -2.37. The minimum atomic E-state index is -3.36. The van der Waals surface area contributed by atoms with Crippen molar-refractivity contribution < 1.29 is 17.9 Å². The molecule has 1 N–H and O–H groups in total. The molecule has 1 aromatic carbocycles. The molecule has 25 heavy (non-hydrogen) atoms. The molecule has 0 aromatic heterocycles. The van der Waals surface area contributed by atoms with Gasteiger partial charge in [-0.1, -0.05) is 18.2 Å². The molecule has 0 radical (unpaired) electrons. The van der Waals surface area contributed by atoms with Crippen molar-refractivity contribution in [2.45, 2.75) is 6.42 Å². The van der Waals surface area contributed by atoms with E-state index in [0.717, 1.165) is 30.7 Å². The Morgan fingerprint density at radius 2 is 2.04 bits per heavy atom. The van der Waals surface area contributed by atoms with E-state index in [-0.39, 0.29) is 25.4 Å². The molecule has 138 valence electrons. The Morgan fingerprint density at radius 1 is 1.36 bits per heavy atom. The summed E-state index contributed by atoms with van der Waals surface area (Å²) in [5.74, 6) is -0.224. The van der Waals surface area contributed by atoms with Crippen molar-refractivity contribution >= 4 is 27.3 Å². The van der Waals surface area contributed by atoms with Crippen LogP contribution in [0.3, 0.4) is 0 Å². The van der Waals surface area contributed by atoms with Crippen molar-refractivity contribution in [1.29, 1.82) is 0 Å². The summed E-state index contributed by atoms with van der Waals surface area (Å²) in [6.45, 7) is 6.73. The molecule has 1 aromatic rings. The molecule has 0 bridgehead atoms. The lowest BCUT2D eigenvalue weighted by molar-refractivity contribution is -0.116. The van der Waals surface area contributed by atoms with Crippen molar-refractivity contribution in [3.63, 3.8) is 0 Å². The normalized spacial score (nSPS) is 15.2. The number of nitrogens with zero attached hydrogens (tertiary/aromatic N) is 2. The van der Waals surface area contributed by atoms with Crippen LogP contribution in [0, 0.1) is 0 Å². The van der Waals surface area contributed by atoms with Crippen LogP contribution in [-0.2, 0) is 19.6 Å². The first kappa shape index (κ1) is 19.4. The summed E-state index contributed by atoms with van der Waals surface area (Å²) in [4.78, 5) is 14.4. The highest BCUT2D eigenvalue weighted by Gasteiger charge is 2.18. The van der Waals surface area contributed by atoms with Gasteiger partial charge in [0.2, 0.25) is 15.9 Å². The number of morpholine rings is 1. The molecule has 0 aliphatic carbocycles. The van der Waals surface area contributed by atoms with Crippen LogP contribution < -0.4 is 10.2 Å². The van der Waals surface area contributed by atoms with Gasteiger partial charge in [-0.15, -0.1) is 6.58 Å². The van der Waals surface area contributed by atoms with Crippen LogP contribution in [0.25, 0.3) is 0 Å². The molecular weight excluding hydrogens is 342 g/mol. The van der Waals surface area contributed by atoms with Crippen molar-refractivity contribution in [1.82, 2.24) is 4.31 Å². The standard InChI is InChI=1S/C17H25N3O4S/c1-3-9-20(25(2,22)23)10-8-17(21)18-15-6-4-5-7-16(15)19-11-13-24-14-12-19/h3-7H,1,8-14H2,2H3,(H,18,21). The van der Waals surface area contributed by atoms with Gasteiger partial charge in [0, 0.05) is 32.6 Å². The Bertz CT molecular complexity index is 700. The monoisotopic (exact) mass is 367 g/mol. The van der Waals surface area contributed by atoms with E-state index in [4.69, 9.17) is 4.74 Å². The van der Waals surface area contributed by atoms with Crippen LogP contribution in [0.5, 0.6) is 0 Å². The van der Waals surface area contributed by atoms with E-state index in [0.29, 0.717) is 13.2 Å². The third-order valence-corrected chi connectivity index (χ3v) is 5.19. The SMILES string of the molecule is C=CCN(CCC(=O)Nc1ccccc1N1CCOCC1)S(C)(=O)=O. The van der Waals surface area contributed by atoms with Gasteiger partial charge in [0.05, 0.1) is 30.8 Å². The predicted molar refractivity (Wildman–Crippen MR) is 99.3 cm³/mol. The number of sulfonamides is 1. The Hall–Kier alpha value is -1.90. The van der Waals surface area contributed by atoms with Gasteiger partial charge in [0.15, 0.2) is 0 Å². The van der Waals surface area contributed by atoms with E-state index >= 15 is 0 Å². The predicted octanol–water partition coefficient (Wildman–Crippen LogP) is 1.30. The number of para-hydroxylation sites is 2. The Balaban J connectivity index is 1.99. The summed E-state index contributed by atoms with van der Waals surface area (Å²) in [5, 5.41) is 2.89. The fourth-order valence-electron chi connectivity index (χ4n) is 2.63. The molecule has 1 aliphatic heterocycles. The third-order valence-electron chi connectivity index (χ3n) is 3.92. The zero-order chi connectivity index (χ0) is 18.3. The number of rotatable bonds is 8. The molecule has 1 aliphatic rings. The zero-order valence-corrected chi connectivity index (χ0v) is 15.3. The van der Waals surface area contributed by atoms with Crippen molar-refractivity contribution in [2.75, 3.05) is 55.9 Å². The number of hydrogen-bond acceptors (Lipinski definition) is 5. The zero-order valence-electron chi connectivity index (χ0n) is 14.5. The Labute approximate surface area is 149 Å². The number of carbonyl (C=O) groups is 1. The van der Waals surface area contributed by atoms with Crippen molar-refractivity contribution in [3.05, 3.63) is 36.9 Å². The first-order valence-electron chi connectivity index (χ1n) is 8.19. The van der Waals surface area contributed by atoms with E-state index in [9.17, 15) is 13.2 Å². The second-order valence-corrected chi connectivity index (χ2v) is 7.81. The summed E-state index contributed by atoms with van der Waals surface area (Å²) in [6.07, 6.45) is 2.72. The van der Waals surface area contributed by atoms with Crippen molar-refractivity contribution in [2.24, 2.45) is 0 Å². The average Bonchev–Trinajstić information content (AvgIpc) is 2.59. The fraction of sp³-hybridized carbons (Fsp3) is 0.471. The topological polar surface area (TPSA) is 79.0 Å². The third kappa shape index (κ3) is 5.84. The molecule has 1 heterocycles. The molecule has 0 unspecified atom stereocenters. The van der Waals surface area contributed by atoms with Crippen molar-refractivity contribution in [3.8, 4) is 0 Å². The van der Waals surface area contributed by atoms with Gasteiger partial charge < -0.3 is 15.0 Å². The number of hydrogen-bond donors (Lipinski definition) is 1. The largest absolute Gasteiger partial charge is 0.378 e. The summed E-state index contributed by atoms with van der Waals surface area (Å²) in [6, 6.07) is 7.60. The Morgan fingerprint density at radius 3 is 2.68 bits per heavy atom. The van der Waals surface area contributed by atoms with E-state index in [1.54, 1.807) is 0 Å². The van der Waals surface area contributed by atoms with Gasteiger partial charge in [-0.05, 0) is 12.1 Å². The van der Waals surface area contributed by atoms with Crippen LogP contribution in [0.2, 0.25) is 0 Å². The van der Waals surface area contributed by atoms with Gasteiger partial charge in [-0.3, -0.25) is 4.79 Å². The minimum Gasteiger partial charge on any atom is -0.378 e. The molecule has 8 heteroatoms. The van der Waals surface area contributed by atoms with Gasteiger partial charge in [0.25, 0.3) is 0 Å². The molecule has 1 amide bonds. The molecule has 1 fully saturated rings.